The molecule has 176 valence electrons. The Morgan fingerprint density at radius 1 is 1.09 bits per heavy atom. The van der Waals surface area contributed by atoms with Gasteiger partial charge in [0.05, 0.1) is 12.1 Å². The molecule has 1 aliphatic heterocycles. The fourth-order valence-corrected chi connectivity index (χ4v) is 6.37. The molecule has 2 aromatic heterocycles. The van der Waals surface area contributed by atoms with Crippen LogP contribution in [-0.4, -0.2) is 28.3 Å². The van der Waals surface area contributed by atoms with Crippen molar-refractivity contribution in [2.75, 3.05) is 18.2 Å². The second-order valence-electron chi connectivity index (χ2n) is 9.07. The Hall–Kier alpha value is -3.58. The number of methoxy groups -OCH3 is 1. The van der Waals surface area contributed by atoms with Crippen LogP contribution in [0.5, 0.6) is 5.88 Å². The van der Waals surface area contributed by atoms with E-state index in [0.717, 1.165) is 23.4 Å². The van der Waals surface area contributed by atoms with Crippen LogP contribution in [0.4, 0.5) is 5.82 Å². The minimum atomic E-state index is -0.570. The maximum Gasteiger partial charge on any atom is 0.252 e. The van der Waals surface area contributed by atoms with E-state index >= 15 is 0 Å². The van der Waals surface area contributed by atoms with Crippen molar-refractivity contribution in [1.29, 1.82) is 0 Å². The highest BCUT2D eigenvalue weighted by Crippen LogP contribution is 2.48. The third kappa shape index (κ3) is 4.10. The summed E-state index contributed by atoms with van der Waals surface area (Å²) in [5.41, 5.74) is 3.43. The molecule has 3 heterocycles. The molecular weight excluding hydrogens is 458 g/mol. The molecule has 0 bridgehead atoms. The fourth-order valence-electron chi connectivity index (χ4n) is 4.95. The van der Waals surface area contributed by atoms with Crippen LogP contribution in [0.3, 0.4) is 0 Å². The van der Waals surface area contributed by atoms with E-state index in [1.807, 2.05) is 6.07 Å². The predicted molar refractivity (Wildman–Crippen MR) is 139 cm³/mol. The van der Waals surface area contributed by atoms with Crippen LogP contribution in [0.25, 0.3) is 10.8 Å². The first kappa shape index (κ1) is 21.9. The number of amides is 1. The van der Waals surface area contributed by atoms with Crippen LogP contribution in [-0.2, 0) is 11.2 Å². The Kier molecular flexibility index (Phi) is 5.57. The van der Waals surface area contributed by atoms with Crippen molar-refractivity contribution in [3.05, 3.63) is 93.8 Å². The summed E-state index contributed by atoms with van der Waals surface area (Å²) in [5.74, 6) is 1.59. The summed E-state index contributed by atoms with van der Waals surface area (Å²) in [7, 11) is 1.53. The van der Waals surface area contributed by atoms with Crippen molar-refractivity contribution in [2.24, 2.45) is 0 Å². The van der Waals surface area contributed by atoms with Crippen LogP contribution in [0.1, 0.15) is 41.5 Å². The lowest BCUT2D eigenvalue weighted by atomic mass is 9.95. The molecule has 6 rings (SSSR count). The number of thioether (sulfide) groups is 1. The number of nitrogens with zero attached hydrogens (tertiary/aromatic N) is 2. The summed E-state index contributed by atoms with van der Waals surface area (Å²) < 4.78 is 6.85. The summed E-state index contributed by atoms with van der Waals surface area (Å²) >= 11 is 1.62. The van der Waals surface area contributed by atoms with Crippen molar-refractivity contribution in [1.82, 2.24) is 9.55 Å². The molecule has 7 heteroatoms. The van der Waals surface area contributed by atoms with E-state index in [2.05, 4.69) is 46.7 Å². The van der Waals surface area contributed by atoms with Crippen LogP contribution in [0, 0.1) is 0 Å². The zero-order valence-corrected chi connectivity index (χ0v) is 20.2. The maximum absolute atomic E-state index is 13.4. The molecule has 0 spiro atoms. The Morgan fingerprint density at radius 2 is 1.89 bits per heavy atom. The van der Waals surface area contributed by atoms with Gasteiger partial charge in [-0.2, -0.15) is 4.98 Å². The monoisotopic (exact) mass is 483 g/mol. The largest absolute Gasteiger partial charge is 0.481 e. The van der Waals surface area contributed by atoms with Gasteiger partial charge < -0.3 is 10.1 Å². The van der Waals surface area contributed by atoms with Gasteiger partial charge in [0.25, 0.3) is 5.56 Å². The molecule has 1 aliphatic carbocycles. The van der Waals surface area contributed by atoms with E-state index in [0.29, 0.717) is 29.8 Å². The normalized spacial score (nSPS) is 16.8. The quantitative estimate of drug-likeness (QED) is 0.410. The molecule has 0 saturated heterocycles. The number of hydrogen-bond acceptors (Lipinski definition) is 5. The zero-order valence-electron chi connectivity index (χ0n) is 19.4. The number of carbonyl (C=O) groups is 1. The molecule has 1 fully saturated rings. The molecule has 0 radical (unpaired) electrons. The third-order valence-electron chi connectivity index (χ3n) is 6.75. The number of rotatable bonds is 6. The average Bonchev–Trinajstić information content (AvgIpc) is 3.61. The Balaban J connectivity index is 1.36. The number of nitrogens with one attached hydrogen (secondary N) is 1. The number of hydrogen-bond donors (Lipinski definition) is 1. The lowest BCUT2D eigenvalue weighted by Gasteiger charge is -2.18. The van der Waals surface area contributed by atoms with E-state index in [1.165, 1.54) is 29.0 Å². The molecule has 35 heavy (non-hydrogen) atoms. The predicted octanol–water partition coefficient (Wildman–Crippen LogP) is 5.16. The van der Waals surface area contributed by atoms with Gasteiger partial charge in [0.15, 0.2) is 0 Å². The van der Waals surface area contributed by atoms with Crippen LogP contribution >= 0.6 is 11.8 Å². The van der Waals surface area contributed by atoms with Gasteiger partial charge in [-0.15, -0.1) is 11.8 Å². The van der Waals surface area contributed by atoms with Gasteiger partial charge in [-0.1, -0.05) is 48.5 Å². The molecule has 1 atom stereocenters. The first-order valence-electron chi connectivity index (χ1n) is 11.8. The second-order valence-corrected chi connectivity index (χ2v) is 10.1. The van der Waals surface area contributed by atoms with Gasteiger partial charge in [-0.3, -0.25) is 14.2 Å². The van der Waals surface area contributed by atoms with E-state index in [1.54, 1.807) is 40.6 Å². The molecule has 1 N–H and O–H groups in total. The molecule has 1 saturated carbocycles. The van der Waals surface area contributed by atoms with Crippen LogP contribution < -0.4 is 15.6 Å². The van der Waals surface area contributed by atoms with Gasteiger partial charge in [0, 0.05) is 17.9 Å². The summed E-state index contributed by atoms with van der Waals surface area (Å²) in [5, 5.41) is 6.23. The number of aromatic nitrogens is 2. The number of ether oxygens (including phenoxy) is 1. The van der Waals surface area contributed by atoms with Crippen molar-refractivity contribution < 1.29 is 9.53 Å². The topological polar surface area (TPSA) is 73.2 Å². The van der Waals surface area contributed by atoms with E-state index in [-0.39, 0.29) is 11.5 Å². The summed E-state index contributed by atoms with van der Waals surface area (Å²) in [6.45, 7) is 0. The first-order chi connectivity index (χ1) is 17.1. The number of fused-ring (bicyclic) bond motifs is 2. The lowest BCUT2D eigenvalue weighted by molar-refractivity contribution is -0.118. The Labute approximate surface area is 207 Å². The zero-order chi connectivity index (χ0) is 23.9. The molecular formula is C28H25N3O3S. The minimum Gasteiger partial charge on any atom is -0.481 e. The highest BCUT2D eigenvalue weighted by atomic mass is 32.2. The first-order valence-corrected chi connectivity index (χ1v) is 12.8. The molecule has 1 amide bonds. The van der Waals surface area contributed by atoms with Gasteiger partial charge in [-0.05, 0) is 58.7 Å². The van der Waals surface area contributed by atoms with Crippen molar-refractivity contribution in [3.8, 4) is 5.88 Å². The van der Waals surface area contributed by atoms with Crippen LogP contribution in [0.15, 0.2) is 76.6 Å². The molecule has 6 nitrogen and oxygen atoms in total. The van der Waals surface area contributed by atoms with Crippen LogP contribution in [0.2, 0.25) is 0 Å². The smallest absolute Gasteiger partial charge is 0.252 e. The highest BCUT2D eigenvalue weighted by Gasteiger charge is 2.37. The third-order valence-corrected chi connectivity index (χ3v) is 7.93. The van der Waals surface area contributed by atoms with E-state index < -0.39 is 6.04 Å². The SMILES string of the molecule is COc1cccc(NC(=O)C2CSc3c(C4CC4)c(Cc4cccc5ccccc45)cc(=O)n32)n1. The van der Waals surface area contributed by atoms with Gasteiger partial charge >= 0.3 is 0 Å². The van der Waals surface area contributed by atoms with Gasteiger partial charge in [-0.25, -0.2) is 0 Å². The van der Waals surface area contributed by atoms with E-state index in [9.17, 15) is 9.59 Å². The number of pyridine rings is 2. The number of anilines is 1. The van der Waals surface area contributed by atoms with E-state index in [4.69, 9.17) is 4.74 Å². The van der Waals surface area contributed by atoms with Gasteiger partial charge in [0.1, 0.15) is 11.9 Å². The number of carbonyl (C=O) groups excluding carboxylic acids is 1. The minimum absolute atomic E-state index is 0.122. The van der Waals surface area contributed by atoms with Crippen molar-refractivity contribution >= 4 is 34.3 Å². The lowest BCUT2D eigenvalue weighted by Crippen LogP contribution is -2.33. The molecule has 2 aromatic carbocycles. The summed E-state index contributed by atoms with van der Waals surface area (Å²) in [6.07, 6.45) is 2.96. The molecule has 2 aliphatic rings. The number of benzene rings is 2. The molecule has 1 unspecified atom stereocenters. The second kappa shape index (κ2) is 8.89. The molecule has 4 aromatic rings. The van der Waals surface area contributed by atoms with Crippen molar-refractivity contribution in [3.63, 3.8) is 0 Å². The standard InChI is InChI=1S/C28H25N3O3S/c1-34-24-11-5-10-23(29-24)30-27(33)22-16-35-28-26(18-12-13-18)20(15-25(32)31(22)28)14-19-8-4-7-17-6-2-3-9-21(17)19/h2-11,15,18,22H,12-14,16H2,1H3,(H,29,30,33). The fraction of sp³-hybridized carbons (Fsp3) is 0.250. The average molecular weight is 484 g/mol. The Bertz CT molecular complexity index is 1500. The Morgan fingerprint density at radius 3 is 2.71 bits per heavy atom. The van der Waals surface area contributed by atoms with Crippen molar-refractivity contribution in [2.45, 2.75) is 36.2 Å². The summed E-state index contributed by atoms with van der Waals surface area (Å²) in [6, 6.07) is 21.1. The highest BCUT2D eigenvalue weighted by molar-refractivity contribution is 7.99. The summed E-state index contributed by atoms with van der Waals surface area (Å²) in [4.78, 5) is 30.8. The van der Waals surface area contributed by atoms with Gasteiger partial charge in [0.2, 0.25) is 11.8 Å². The maximum atomic E-state index is 13.4.